The Kier molecular flexibility index (Phi) is 8.08. The van der Waals surface area contributed by atoms with E-state index in [1.807, 2.05) is 25.1 Å². The number of hydrogen-bond donors (Lipinski definition) is 0. The Morgan fingerprint density at radius 3 is 2.69 bits per heavy atom. The van der Waals surface area contributed by atoms with E-state index < -0.39 is 11.2 Å². The number of anilines is 2. The SMILES string of the molecule is CCOC(=O)C1CCCN(c2nc(N3CC[S+]([O-])CC3)c3ncnc(SCc4ccccc4)c3n2)C1. The summed E-state index contributed by atoms with van der Waals surface area (Å²) < 4.78 is 17.3. The molecular formula is C25H30N6O3S2. The summed E-state index contributed by atoms with van der Waals surface area (Å²) in [7, 11) is 0. The van der Waals surface area contributed by atoms with E-state index in [1.165, 1.54) is 5.56 Å². The Balaban J connectivity index is 1.51. The zero-order valence-electron chi connectivity index (χ0n) is 20.3. The van der Waals surface area contributed by atoms with Gasteiger partial charge in [0.05, 0.1) is 25.6 Å². The second kappa shape index (κ2) is 11.6. The molecule has 190 valence electrons. The van der Waals surface area contributed by atoms with E-state index in [2.05, 4.69) is 31.9 Å². The first-order valence-corrected chi connectivity index (χ1v) is 14.8. The molecule has 0 saturated carbocycles. The van der Waals surface area contributed by atoms with Crippen molar-refractivity contribution in [2.45, 2.75) is 30.5 Å². The molecule has 0 bridgehead atoms. The van der Waals surface area contributed by atoms with Gasteiger partial charge in [0.15, 0.2) is 5.82 Å². The maximum atomic E-state index is 12.5. The molecule has 2 fully saturated rings. The van der Waals surface area contributed by atoms with Crippen molar-refractivity contribution in [2.24, 2.45) is 5.92 Å². The average molecular weight is 527 g/mol. The molecule has 0 aliphatic carbocycles. The van der Waals surface area contributed by atoms with Gasteiger partial charge in [-0.1, -0.05) is 53.3 Å². The smallest absolute Gasteiger partial charge is 0.310 e. The van der Waals surface area contributed by atoms with Crippen molar-refractivity contribution in [2.75, 3.05) is 54.1 Å². The minimum Gasteiger partial charge on any atom is -0.616 e. The van der Waals surface area contributed by atoms with Gasteiger partial charge in [0.1, 0.15) is 33.9 Å². The van der Waals surface area contributed by atoms with Crippen molar-refractivity contribution in [3.05, 3.63) is 42.2 Å². The second-order valence-corrected chi connectivity index (χ2v) is 11.5. The predicted octanol–water partition coefficient (Wildman–Crippen LogP) is 3.06. The molecule has 3 aromatic rings. The molecule has 11 heteroatoms. The summed E-state index contributed by atoms with van der Waals surface area (Å²) in [5.41, 5.74) is 2.62. The van der Waals surface area contributed by atoms with Gasteiger partial charge in [-0.3, -0.25) is 4.79 Å². The van der Waals surface area contributed by atoms with E-state index >= 15 is 0 Å². The number of ether oxygens (including phenoxy) is 1. The van der Waals surface area contributed by atoms with Crippen LogP contribution in [0.25, 0.3) is 11.0 Å². The zero-order chi connectivity index (χ0) is 24.9. The molecule has 2 aromatic heterocycles. The third kappa shape index (κ3) is 5.68. The van der Waals surface area contributed by atoms with Crippen molar-refractivity contribution in [3.8, 4) is 0 Å². The first-order chi connectivity index (χ1) is 17.6. The van der Waals surface area contributed by atoms with Crippen molar-refractivity contribution in [1.29, 1.82) is 0 Å². The molecule has 1 atom stereocenters. The predicted molar refractivity (Wildman–Crippen MR) is 143 cm³/mol. The van der Waals surface area contributed by atoms with E-state index in [9.17, 15) is 9.35 Å². The molecule has 2 aliphatic heterocycles. The van der Waals surface area contributed by atoms with Gasteiger partial charge in [0.2, 0.25) is 5.95 Å². The third-order valence-electron chi connectivity index (χ3n) is 6.44. The molecule has 36 heavy (non-hydrogen) atoms. The van der Waals surface area contributed by atoms with Crippen LogP contribution in [0.4, 0.5) is 11.8 Å². The highest BCUT2D eigenvalue weighted by molar-refractivity contribution is 7.98. The molecule has 1 unspecified atom stereocenters. The highest BCUT2D eigenvalue weighted by Crippen LogP contribution is 2.33. The van der Waals surface area contributed by atoms with Crippen LogP contribution < -0.4 is 9.80 Å². The van der Waals surface area contributed by atoms with E-state index in [0.29, 0.717) is 54.7 Å². The molecular weight excluding hydrogens is 496 g/mol. The lowest BCUT2D eigenvalue weighted by atomic mass is 9.98. The summed E-state index contributed by atoms with van der Waals surface area (Å²) in [5.74, 6) is 2.94. The highest BCUT2D eigenvalue weighted by atomic mass is 32.2. The standard InChI is InChI=1S/C25H30N6O3S2/c1-2-34-24(32)19-9-6-10-31(15-19)25-28-21-20(22(29-25)30-11-13-36(33)14-12-30)26-17-27-23(21)35-16-18-7-4-3-5-8-18/h3-5,7-8,17,19H,2,6,9-16H2,1H3. The summed E-state index contributed by atoms with van der Waals surface area (Å²) in [6.07, 6.45) is 3.24. The number of benzene rings is 1. The summed E-state index contributed by atoms with van der Waals surface area (Å²) >= 11 is 0.822. The summed E-state index contributed by atoms with van der Waals surface area (Å²) in [5, 5.41) is 0.799. The largest absolute Gasteiger partial charge is 0.616 e. The van der Waals surface area contributed by atoms with Crippen LogP contribution in [0.5, 0.6) is 0 Å². The first kappa shape index (κ1) is 25.0. The molecule has 9 nitrogen and oxygen atoms in total. The van der Waals surface area contributed by atoms with Crippen LogP contribution in [-0.2, 0) is 26.5 Å². The van der Waals surface area contributed by atoms with E-state index in [1.54, 1.807) is 18.1 Å². The van der Waals surface area contributed by atoms with Crippen LogP contribution >= 0.6 is 11.8 Å². The number of esters is 1. The lowest BCUT2D eigenvalue weighted by Crippen LogP contribution is -2.42. The topological polar surface area (TPSA) is 107 Å². The number of fused-ring (bicyclic) bond motifs is 1. The zero-order valence-corrected chi connectivity index (χ0v) is 22.0. The Morgan fingerprint density at radius 2 is 1.92 bits per heavy atom. The fraction of sp³-hybridized carbons (Fsp3) is 0.480. The Bertz CT molecular complexity index is 1190. The van der Waals surface area contributed by atoms with Gasteiger partial charge < -0.3 is 19.1 Å². The Hall–Kier alpha value is -2.63. The van der Waals surface area contributed by atoms with Crippen LogP contribution in [0.15, 0.2) is 41.7 Å². The number of aromatic nitrogens is 4. The van der Waals surface area contributed by atoms with Crippen molar-refractivity contribution >= 4 is 51.7 Å². The molecule has 2 saturated heterocycles. The lowest BCUT2D eigenvalue weighted by molar-refractivity contribution is -0.148. The number of carbonyl (C=O) groups is 1. The van der Waals surface area contributed by atoms with Crippen molar-refractivity contribution in [1.82, 2.24) is 19.9 Å². The van der Waals surface area contributed by atoms with Crippen LogP contribution in [0, 0.1) is 5.92 Å². The highest BCUT2D eigenvalue weighted by Gasteiger charge is 2.30. The molecule has 2 aliphatic rings. The summed E-state index contributed by atoms with van der Waals surface area (Å²) in [6, 6.07) is 10.3. The van der Waals surface area contributed by atoms with Gasteiger partial charge in [-0.2, -0.15) is 4.98 Å². The van der Waals surface area contributed by atoms with E-state index in [0.717, 1.165) is 36.0 Å². The number of rotatable bonds is 7. The number of piperidine rings is 1. The van der Waals surface area contributed by atoms with Gasteiger partial charge in [-0.15, -0.1) is 0 Å². The number of nitrogens with zero attached hydrogens (tertiary/aromatic N) is 6. The normalized spacial score (nSPS) is 19.0. The van der Waals surface area contributed by atoms with E-state index in [4.69, 9.17) is 14.7 Å². The molecule has 0 radical (unpaired) electrons. The summed E-state index contributed by atoms with van der Waals surface area (Å²) in [4.78, 5) is 35.8. The monoisotopic (exact) mass is 526 g/mol. The first-order valence-electron chi connectivity index (χ1n) is 12.3. The molecule has 0 amide bonds. The van der Waals surface area contributed by atoms with Crippen LogP contribution in [0.1, 0.15) is 25.3 Å². The van der Waals surface area contributed by atoms with Gasteiger partial charge in [-0.25, -0.2) is 15.0 Å². The van der Waals surface area contributed by atoms with Crippen LogP contribution in [0.2, 0.25) is 0 Å². The Labute approximate surface area is 218 Å². The molecule has 1 aromatic carbocycles. The molecule has 5 rings (SSSR count). The van der Waals surface area contributed by atoms with Crippen molar-refractivity contribution in [3.63, 3.8) is 0 Å². The fourth-order valence-electron chi connectivity index (χ4n) is 4.55. The molecule has 4 heterocycles. The second-order valence-electron chi connectivity index (χ2n) is 8.87. The lowest BCUT2D eigenvalue weighted by Gasteiger charge is -2.33. The van der Waals surface area contributed by atoms with Gasteiger partial charge in [0, 0.05) is 18.8 Å². The fourth-order valence-corrected chi connectivity index (χ4v) is 6.50. The minimum absolute atomic E-state index is 0.163. The maximum Gasteiger partial charge on any atom is 0.310 e. The third-order valence-corrected chi connectivity index (χ3v) is 8.76. The number of carbonyl (C=O) groups excluding carboxylic acids is 1. The maximum absolute atomic E-state index is 12.5. The molecule has 0 spiro atoms. The van der Waals surface area contributed by atoms with Crippen molar-refractivity contribution < 1.29 is 14.1 Å². The average Bonchev–Trinajstić information content (AvgIpc) is 2.92. The number of thioether (sulfide) groups is 1. The van der Waals surface area contributed by atoms with Crippen LogP contribution in [0.3, 0.4) is 0 Å². The molecule has 0 N–H and O–H groups in total. The van der Waals surface area contributed by atoms with Gasteiger partial charge >= 0.3 is 5.97 Å². The quantitative estimate of drug-likeness (QED) is 0.197. The Morgan fingerprint density at radius 1 is 1.11 bits per heavy atom. The minimum atomic E-state index is -0.803. The number of hydrogen-bond acceptors (Lipinski definition) is 10. The summed E-state index contributed by atoms with van der Waals surface area (Å²) in [6.45, 7) is 4.80. The van der Waals surface area contributed by atoms with Gasteiger partial charge in [0.25, 0.3) is 0 Å². The van der Waals surface area contributed by atoms with E-state index in [-0.39, 0.29) is 11.9 Å². The van der Waals surface area contributed by atoms with Crippen LogP contribution in [-0.4, -0.2) is 74.7 Å². The van der Waals surface area contributed by atoms with Gasteiger partial charge in [-0.05, 0) is 25.3 Å².